The summed E-state index contributed by atoms with van der Waals surface area (Å²) >= 11 is 0. The number of pyridine rings is 1. The van der Waals surface area contributed by atoms with Crippen molar-refractivity contribution < 1.29 is 9.53 Å². The molecule has 1 heterocycles. The number of nitriles is 1. The van der Waals surface area contributed by atoms with Crippen LogP contribution in [0.15, 0.2) is 60.8 Å². The summed E-state index contributed by atoms with van der Waals surface area (Å²) in [5.74, 6) is 0.0560. The molecule has 130 valence electrons. The molecule has 3 aromatic rings. The molecule has 1 unspecified atom stereocenters. The van der Waals surface area contributed by atoms with Gasteiger partial charge in [-0.15, -0.1) is 0 Å². The van der Waals surface area contributed by atoms with Gasteiger partial charge in [0, 0.05) is 5.39 Å². The molecule has 0 saturated carbocycles. The number of hydrogen-bond acceptors (Lipinski definition) is 4. The Morgan fingerprint density at radius 2 is 1.88 bits per heavy atom. The number of para-hydroxylation sites is 2. The van der Waals surface area contributed by atoms with Gasteiger partial charge in [-0.25, -0.2) is 0 Å². The fourth-order valence-electron chi connectivity index (χ4n) is 2.64. The van der Waals surface area contributed by atoms with Crippen LogP contribution in [0.4, 0.5) is 5.69 Å². The van der Waals surface area contributed by atoms with E-state index in [-0.39, 0.29) is 11.8 Å². The van der Waals surface area contributed by atoms with Gasteiger partial charge in [0.25, 0.3) is 5.91 Å². The van der Waals surface area contributed by atoms with Gasteiger partial charge in [0.1, 0.15) is 11.8 Å². The van der Waals surface area contributed by atoms with E-state index in [9.17, 15) is 10.1 Å². The van der Waals surface area contributed by atoms with E-state index in [1.165, 1.54) is 0 Å². The molecule has 1 atom stereocenters. The number of anilines is 1. The highest BCUT2D eigenvalue weighted by atomic mass is 16.5. The number of rotatable bonds is 5. The van der Waals surface area contributed by atoms with Crippen LogP contribution in [0.1, 0.15) is 19.4 Å². The fourth-order valence-corrected chi connectivity index (χ4v) is 2.64. The maximum atomic E-state index is 12.7. The van der Waals surface area contributed by atoms with E-state index in [1.807, 2.05) is 44.2 Å². The zero-order valence-corrected chi connectivity index (χ0v) is 14.6. The predicted molar refractivity (Wildman–Crippen MR) is 101 cm³/mol. The minimum Gasteiger partial charge on any atom is -0.479 e. The zero-order valence-electron chi connectivity index (χ0n) is 14.6. The van der Waals surface area contributed by atoms with Crippen molar-refractivity contribution in [2.75, 3.05) is 5.32 Å². The Balaban J connectivity index is 1.81. The average molecular weight is 345 g/mol. The van der Waals surface area contributed by atoms with Crippen LogP contribution in [0, 0.1) is 17.2 Å². The number of benzene rings is 2. The smallest absolute Gasteiger partial charge is 0.265 e. The number of aromatic nitrogens is 1. The number of carbonyl (C=O) groups is 1. The molecule has 3 rings (SSSR count). The summed E-state index contributed by atoms with van der Waals surface area (Å²) in [7, 11) is 0. The van der Waals surface area contributed by atoms with E-state index in [4.69, 9.17) is 4.74 Å². The molecule has 0 bridgehead atoms. The molecule has 26 heavy (non-hydrogen) atoms. The summed E-state index contributed by atoms with van der Waals surface area (Å²) < 4.78 is 5.86. The molecule has 0 spiro atoms. The average Bonchev–Trinajstić information content (AvgIpc) is 2.66. The van der Waals surface area contributed by atoms with Crippen molar-refractivity contribution in [3.05, 3.63) is 66.4 Å². The maximum absolute atomic E-state index is 12.7. The Morgan fingerprint density at radius 3 is 2.65 bits per heavy atom. The van der Waals surface area contributed by atoms with Crippen molar-refractivity contribution in [2.45, 2.75) is 20.0 Å². The lowest BCUT2D eigenvalue weighted by Crippen LogP contribution is -2.37. The van der Waals surface area contributed by atoms with Gasteiger partial charge in [-0.3, -0.25) is 9.78 Å². The molecule has 0 aliphatic carbocycles. The van der Waals surface area contributed by atoms with Crippen LogP contribution in [0.5, 0.6) is 5.75 Å². The van der Waals surface area contributed by atoms with Crippen molar-refractivity contribution in [1.29, 1.82) is 5.26 Å². The Bertz CT molecular complexity index is 976. The number of nitrogens with one attached hydrogen (secondary N) is 1. The van der Waals surface area contributed by atoms with Crippen LogP contribution >= 0.6 is 0 Å². The number of fused-ring (bicyclic) bond motifs is 1. The molecule has 2 aromatic carbocycles. The minimum atomic E-state index is -0.726. The molecular formula is C21H19N3O2. The van der Waals surface area contributed by atoms with Crippen LogP contribution in [-0.2, 0) is 4.79 Å². The SMILES string of the molecule is CC(C)C(Oc1ccccc1C#N)C(=O)Nc1cnc2ccccc2c1. The lowest BCUT2D eigenvalue weighted by Gasteiger charge is -2.22. The van der Waals surface area contributed by atoms with Gasteiger partial charge in [-0.05, 0) is 30.2 Å². The fraction of sp³-hybridized carbons (Fsp3) is 0.190. The third-order valence-electron chi connectivity index (χ3n) is 3.98. The van der Waals surface area contributed by atoms with E-state index in [0.29, 0.717) is 17.0 Å². The second-order valence-corrected chi connectivity index (χ2v) is 6.30. The summed E-state index contributed by atoms with van der Waals surface area (Å²) in [6, 6.07) is 18.6. The summed E-state index contributed by atoms with van der Waals surface area (Å²) in [5.41, 5.74) is 1.87. The van der Waals surface area contributed by atoms with Gasteiger partial charge < -0.3 is 10.1 Å². The summed E-state index contributed by atoms with van der Waals surface area (Å²) in [6.07, 6.45) is 0.900. The van der Waals surface area contributed by atoms with Gasteiger partial charge in [0.2, 0.25) is 0 Å². The predicted octanol–water partition coefficient (Wildman–Crippen LogP) is 4.15. The van der Waals surface area contributed by atoms with E-state index < -0.39 is 6.10 Å². The molecular weight excluding hydrogens is 326 g/mol. The largest absolute Gasteiger partial charge is 0.479 e. The Kier molecular flexibility index (Phi) is 5.14. The Morgan fingerprint density at radius 1 is 1.15 bits per heavy atom. The van der Waals surface area contributed by atoms with Gasteiger partial charge >= 0.3 is 0 Å². The third-order valence-corrected chi connectivity index (χ3v) is 3.98. The van der Waals surface area contributed by atoms with Crippen molar-refractivity contribution in [3.8, 4) is 11.8 Å². The summed E-state index contributed by atoms with van der Waals surface area (Å²) in [5, 5.41) is 13.0. The van der Waals surface area contributed by atoms with E-state index in [1.54, 1.807) is 30.5 Å². The van der Waals surface area contributed by atoms with E-state index in [0.717, 1.165) is 10.9 Å². The topological polar surface area (TPSA) is 75.0 Å². The third kappa shape index (κ3) is 3.81. The summed E-state index contributed by atoms with van der Waals surface area (Å²) in [6.45, 7) is 3.80. The highest BCUT2D eigenvalue weighted by molar-refractivity contribution is 5.96. The number of ether oxygens (including phenoxy) is 1. The molecule has 5 heteroatoms. The normalized spacial score (nSPS) is 11.8. The first-order valence-electron chi connectivity index (χ1n) is 8.40. The molecule has 0 saturated heterocycles. The highest BCUT2D eigenvalue weighted by Crippen LogP contribution is 2.22. The van der Waals surface area contributed by atoms with Crippen LogP contribution < -0.4 is 10.1 Å². The van der Waals surface area contributed by atoms with Crippen LogP contribution in [-0.4, -0.2) is 17.0 Å². The lowest BCUT2D eigenvalue weighted by molar-refractivity contribution is -0.124. The van der Waals surface area contributed by atoms with Gasteiger partial charge in [-0.2, -0.15) is 5.26 Å². The number of amides is 1. The van der Waals surface area contributed by atoms with Crippen LogP contribution in [0.25, 0.3) is 10.9 Å². The van der Waals surface area contributed by atoms with Gasteiger partial charge in [0.05, 0.1) is 23.0 Å². The van der Waals surface area contributed by atoms with Crippen LogP contribution in [0.3, 0.4) is 0 Å². The standard InChI is InChI=1S/C21H19N3O2/c1-14(2)20(26-19-10-6-4-8-16(19)12-22)21(25)24-17-11-15-7-3-5-9-18(15)23-13-17/h3-11,13-14,20H,1-2H3,(H,24,25). The number of hydrogen-bond donors (Lipinski definition) is 1. The molecule has 0 aliphatic rings. The Hall–Kier alpha value is -3.39. The number of nitrogens with zero attached hydrogens (tertiary/aromatic N) is 2. The molecule has 0 aliphatic heterocycles. The number of carbonyl (C=O) groups excluding carboxylic acids is 1. The maximum Gasteiger partial charge on any atom is 0.265 e. The molecule has 0 fully saturated rings. The van der Waals surface area contributed by atoms with E-state index >= 15 is 0 Å². The molecule has 5 nitrogen and oxygen atoms in total. The first-order valence-corrected chi connectivity index (χ1v) is 8.40. The van der Waals surface area contributed by atoms with Gasteiger partial charge in [0.15, 0.2) is 6.10 Å². The van der Waals surface area contributed by atoms with Crippen molar-refractivity contribution in [3.63, 3.8) is 0 Å². The lowest BCUT2D eigenvalue weighted by atomic mass is 10.1. The molecule has 1 aromatic heterocycles. The first kappa shape index (κ1) is 17.4. The molecule has 1 N–H and O–H groups in total. The molecule has 0 radical (unpaired) electrons. The quantitative estimate of drug-likeness (QED) is 0.754. The van der Waals surface area contributed by atoms with Crippen LogP contribution in [0.2, 0.25) is 0 Å². The second kappa shape index (κ2) is 7.66. The monoisotopic (exact) mass is 345 g/mol. The second-order valence-electron chi connectivity index (χ2n) is 6.30. The molecule has 1 amide bonds. The first-order chi connectivity index (χ1) is 12.6. The Labute approximate surface area is 152 Å². The van der Waals surface area contributed by atoms with Crippen molar-refractivity contribution in [1.82, 2.24) is 4.98 Å². The minimum absolute atomic E-state index is 0.0739. The summed E-state index contributed by atoms with van der Waals surface area (Å²) in [4.78, 5) is 17.1. The van der Waals surface area contributed by atoms with Gasteiger partial charge in [-0.1, -0.05) is 44.2 Å². The highest BCUT2D eigenvalue weighted by Gasteiger charge is 2.25. The van der Waals surface area contributed by atoms with Crippen molar-refractivity contribution in [2.24, 2.45) is 5.92 Å². The van der Waals surface area contributed by atoms with Crippen molar-refractivity contribution >= 4 is 22.5 Å². The van der Waals surface area contributed by atoms with E-state index in [2.05, 4.69) is 16.4 Å². The zero-order chi connectivity index (χ0) is 18.5.